The maximum absolute atomic E-state index is 14.2. The lowest BCUT2D eigenvalue weighted by atomic mass is 10.1. The molecule has 31 heavy (non-hydrogen) atoms. The lowest BCUT2D eigenvalue weighted by Crippen LogP contribution is -2.29. The highest BCUT2D eigenvalue weighted by atomic mass is 19.4. The minimum absolute atomic E-state index is 0.0343. The van der Waals surface area contributed by atoms with Crippen LogP contribution in [0.4, 0.5) is 34.6 Å². The summed E-state index contributed by atoms with van der Waals surface area (Å²) in [6, 6.07) is 8.32. The van der Waals surface area contributed by atoms with Gasteiger partial charge in [0.2, 0.25) is 0 Å². The number of halogens is 4. The van der Waals surface area contributed by atoms with Crippen molar-refractivity contribution in [2.75, 3.05) is 28.6 Å². The third-order valence-electron chi connectivity index (χ3n) is 5.47. The van der Waals surface area contributed by atoms with Crippen molar-refractivity contribution >= 4 is 28.5 Å². The summed E-state index contributed by atoms with van der Waals surface area (Å²) in [7, 11) is 0. The molecule has 8 heteroatoms. The molecule has 1 amide bonds. The number of benzene rings is 2. The van der Waals surface area contributed by atoms with Crippen LogP contribution in [0, 0.1) is 11.7 Å². The number of nitrogens with one attached hydrogen (secondary N) is 2. The van der Waals surface area contributed by atoms with Crippen LogP contribution < -0.4 is 15.5 Å². The summed E-state index contributed by atoms with van der Waals surface area (Å²) in [6.45, 7) is 3.11. The molecule has 0 atom stereocenters. The molecule has 1 heterocycles. The lowest BCUT2D eigenvalue weighted by Gasteiger charge is -2.28. The summed E-state index contributed by atoms with van der Waals surface area (Å²) in [5.41, 5.74) is 0.0731. The van der Waals surface area contributed by atoms with Gasteiger partial charge < -0.3 is 15.5 Å². The number of nitrogens with zero attached hydrogens (tertiary/aromatic N) is 1. The number of anilines is 3. The maximum Gasteiger partial charge on any atom is 0.418 e. The van der Waals surface area contributed by atoms with E-state index >= 15 is 0 Å². The average Bonchev–Trinajstić information content (AvgIpc) is 3.47. The first-order valence-corrected chi connectivity index (χ1v) is 10.3. The van der Waals surface area contributed by atoms with E-state index in [9.17, 15) is 22.4 Å². The van der Waals surface area contributed by atoms with Crippen molar-refractivity contribution in [3.05, 3.63) is 59.5 Å². The topological polar surface area (TPSA) is 44.4 Å². The molecule has 2 aromatic carbocycles. The molecule has 2 N–H and O–H groups in total. The van der Waals surface area contributed by atoms with E-state index in [2.05, 4.69) is 10.6 Å². The van der Waals surface area contributed by atoms with Crippen LogP contribution >= 0.6 is 0 Å². The Morgan fingerprint density at radius 2 is 2.00 bits per heavy atom. The number of amides is 1. The van der Waals surface area contributed by atoms with E-state index in [0.717, 1.165) is 25.3 Å². The van der Waals surface area contributed by atoms with Crippen LogP contribution in [0.25, 0.3) is 5.57 Å². The lowest BCUT2D eigenvalue weighted by molar-refractivity contribution is -0.137. The Labute approximate surface area is 177 Å². The molecule has 2 aromatic rings. The second-order valence-corrected chi connectivity index (χ2v) is 7.94. The first-order chi connectivity index (χ1) is 14.8. The van der Waals surface area contributed by atoms with Crippen molar-refractivity contribution in [2.45, 2.75) is 32.4 Å². The summed E-state index contributed by atoms with van der Waals surface area (Å²) in [4.78, 5) is 14.0. The van der Waals surface area contributed by atoms with Gasteiger partial charge in [-0.1, -0.05) is 13.0 Å². The van der Waals surface area contributed by atoms with Gasteiger partial charge in [-0.2, -0.15) is 13.2 Å². The third-order valence-corrected chi connectivity index (χ3v) is 5.47. The summed E-state index contributed by atoms with van der Waals surface area (Å²) < 4.78 is 55.7. The molecule has 0 aromatic heterocycles. The molecule has 1 fully saturated rings. The van der Waals surface area contributed by atoms with E-state index in [1.807, 2.05) is 6.92 Å². The molecule has 164 valence electrons. The molecular formula is C23H23F4N3O. The predicted molar refractivity (Wildman–Crippen MR) is 113 cm³/mol. The molecule has 4 rings (SSSR count). The Hall–Kier alpha value is -3.03. The fourth-order valence-electron chi connectivity index (χ4n) is 3.82. The summed E-state index contributed by atoms with van der Waals surface area (Å²) in [6.07, 6.45) is -0.438. The van der Waals surface area contributed by atoms with Crippen LogP contribution in [-0.2, 0) is 11.0 Å². The minimum atomic E-state index is -4.53. The van der Waals surface area contributed by atoms with Crippen LogP contribution in [-0.4, -0.2) is 19.0 Å². The van der Waals surface area contributed by atoms with Gasteiger partial charge in [0, 0.05) is 36.2 Å². The number of hydrogen-bond donors (Lipinski definition) is 2. The summed E-state index contributed by atoms with van der Waals surface area (Å²) in [5, 5.41) is 5.29. The monoisotopic (exact) mass is 433 g/mol. The Morgan fingerprint density at radius 1 is 1.23 bits per heavy atom. The molecule has 0 bridgehead atoms. The fraction of sp³-hybridized carbons (Fsp3) is 0.348. The van der Waals surface area contributed by atoms with Crippen molar-refractivity contribution in [1.29, 1.82) is 0 Å². The fourth-order valence-corrected chi connectivity index (χ4v) is 3.82. The van der Waals surface area contributed by atoms with Gasteiger partial charge >= 0.3 is 6.18 Å². The molecule has 1 saturated carbocycles. The van der Waals surface area contributed by atoms with Gasteiger partial charge in [-0.15, -0.1) is 0 Å². The quantitative estimate of drug-likeness (QED) is 0.424. The Bertz CT molecular complexity index is 1030. The zero-order chi connectivity index (χ0) is 22.2. The second-order valence-electron chi connectivity index (χ2n) is 7.94. The van der Waals surface area contributed by atoms with Crippen molar-refractivity contribution in [3.8, 4) is 0 Å². The zero-order valence-electron chi connectivity index (χ0n) is 17.0. The van der Waals surface area contributed by atoms with Crippen LogP contribution in [0.5, 0.6) is 0 Å². The summed E-state index contributed by atoms with van der Waals surface area (Å²) in [5.74, 6) is -0.643. The van der Waals surface area contributed by atoms with Gasteiger partial charge in [0.1, 0.15) is 5.82 Å². The van der Waals surface area contributed by atoms with Gasteiger partial charge in [-0.3, -0.25) is 4.79 Å². The number of rotatable bonds is 7. The van der Waals surface area contributed by atoms with Crippen molar-refractivity contribution in [3.63, 3.8) is 0 Å². The normalized spacial score (nSPS) is 16.9. The number of fused-ring (bicyclic) bond motifs is 1. The zero-order valence-corrected chi connectivity index (χ0v) is 17.0. The highest BCUT2D eigenvalue weighted by Gasteiger charge is 2.36. The highest BCUT2D eigenvalue weighted by Crippen LogP contribution is 2.41. The largest absolute Gasteiger partial charge is 0.418 e. The van der Waals surface area contributed by atoms with E-state index in [4.69, 9.17) is 0 Å². The molecule has 2 aliphatic rings. The highest BCUT2D eigenvalue weighted by molar-refractivity contribution is 6.31. The van der Waals surface area contributed by atoms with Gasteiger partial charge in [0.15, 0.2) is 0 Å². The predicted octanol–water partition coefficient (Wildman–Crippen LogP) is 5.88. The van der Waals surface area contributed by atoms with Gasteiger partial charge in [0.25, 0.3) is 5.91 Å². The molecule has 0 saturated heterocycles. The minimum Gasteiger partial charge on any atom is -0.371 e. The number of alkyl halides is 3. The van der Waals surface area contributed by atoms with E-state index in [1.54, 1.807) is 17.0 Å². The van der Waals surface area contributed by atoms with Crippen LogP contribution in [0.3, 0.4) is 0 Å². The smallest absolute Gasteiger partial charge is 0.371 e. The van der Waals surface area contributed by atoms with Crippen LogP contribution in [0.1, 0.15) is 37.3 Å². The van der Waals surface area contributed by atoms with Gasteiger partial charge in [0.05, 0.1) is 16.8 Å². The van der Waals surface area contributed by atoms with Gasteiger partial charge in [-0.05, 0) is 55.5 Å². The molecule has 0 spiro atoms. The van der Waals surface area contributed by atoms with E-state index in [0.29, 0.717) is 24.7 Å². The van der Waals surface area contributed by atoms with E-state index < -0.39 is 23.5 Å². The Balaban J connectivity index is 1.64. The van der Waals surface area contributed by atoms with Gasteiger partial charge in [-0.25, -0.2) is 4.39 Å². The molecule has 1 aliphatic carbocycles. The van der Waals surface area contributed by atoms with Crippen molar-refractivity contribution < 1.29 is 22.4 Å². The first kappa shape index (κ1) is 21.2. The summed E-state index contributed by atoms with van der Waals surface area (Å²) >= 11 is 0. The first-order valence-electron chi connectivity index (χ1n) is 10.3. The molecule has 0 radical (unpaired) electrons. The molecule has 4 nitrogen and oxygen atoms in total. The standard InChI is InChI=1S/C23H23F4N3O/c1-2-10-30(13-14-6-7-14)20-9-8-15(11-17(20)23(25,26)27)28-12-16-21-18(24)4-3-5-19(21)29-22(16)31/h3-5,8-9,11-12,14,28H,2,6-7,10,13H2,1H3,(H,29,31)/b16-12+. The molecule has 1 aliphatic heterocycles. The van der Waals surface area contributed by atoms with Crippen LogP contribution in [0.2, 0.25) is 0 Å². The van der Waals surface area contributed by atoms with E-state index in [1.165, 1.54) is 24.4 Å². The third kappa shape index (κ3) is 4.52. The molecule has 0 unspecified atom stereocenters. The van der Waals surface area contributed by atoms with Crippen molar-refractivity contribution in [1.82, 2.24) is 0 Å². The number of carbonyl (C=O) groups is 1. The number of hydrogen-bond acceptors (Lipinski definition) is 3. The van der Waals surface area contributed by atoms with Crippen LogP contribution in [0.15, 0.2) is 42.6 Å². The van der Waals surface area contributed by atoms with E-state index in [-0.39, 0.29) is 22.5 Å². The Kier molecular flexibility index (Phi) is 5.64. The maximum atomic E-state index is 14.2. The average molecular weight is 433 g/mol. The second kappa shape index (κ2) is 8.24. The molecular weight excluding hydrogens is 410 g/mol. The Morgan fingerprint density at radius 3 is 2.68 bits per heavy atom. The SMILES string of the molecule is CCCN(CC1CC1)c1ccc(N/C=C2/C(=O)Nc3cccc(F)c32)cc1C(F)(F)F. The number of carbonyl (C=O) groups excluding carboxylic acids is 1. The van der Waals surface area contributed by atoms with Crippen molar-refractivity contribution in [2.24, 2.45) is 5.92 Å².